The van der Waals surface area contributed by atoms with Gasteiger partial charge in [0, 0.05) is 41.1 Å². The molecule has 0 spiro atoms. The van der Waals surface area contributed by atoms with Gasteiger partial charge in [-0.1, -0.05) is 0 Å². The third-order valence-corrected chi connectivity index (χ3v) is 9.41. The van der Waals surface area contributed by atoms with Crippen molar-refractivity contribution in [3.8, 4) is 0 Å². The van der Waals surface area contributed by atoms with Crippen LogP contribution in [0.2, 0.25) is 18.6 Å². The quantitative estimate of drug-likeness (QED) is 0.294. The van der Waals surface area contributed by atoms with Crippen molar-refractivity contribution < 1.29 is 22.1 Å². The van der Waals surface area contributed by atoms with E-state index in [0.29, 0.717) is 26.2 Å². The molecule has 148 valence electrons. The first kappa shape index (κ1) is 26.3. The molecule has 0 aromatic heterocycles. The molecular formula is C14H39N3O5Si2. The topological polar surface area (TPSA) is 124 Å². The van der Waals surface area contributed by atoms with Gasteiger partial charge in [0.05, 0.1) is 0 Å². The van der Waals surface area contributed by atoms with Gasteiger partial charge in [0.1, 0.15) is 0 Å². The first-order valence-electron chi connectivity index (χ1n) is 8.37. The third kappa shape index (κ3) is 12.5. The Morgan fingerprint density at radius 1 is 0.667 bits per heavy atom. The molecule has 0 aliphatic carbocycles. The molecule has 8 nitrogen and oxygen atoms in total. The fourth-order valence-corrected chi connectivity index (χ4v) is 5.54. The summed E-state index contributed by atoms with van der Waals surface area (Å²) >= 11 is 0. The molecule has 0 heterocycles. The van der Waals surface area contributed by atoms with Gasteiger partial charge < -0.3 is 39.3 Å². The SMILES string of the molecule is CO[Si](C)(CCCN)OCCCN.CO[Si](CCCN)(OC)OC. The van der Waals surface area contributed by atoms with Crippen molar-refractivity contribution in [1.82, 2.24) is 0 Å². The molecule has 0 aromatic rings. The van der Waals surface area contributed by atoms with E-state index in [1.54, 1.807) is 28.4 Å². The molecular weight excluding hydrogens is 346 g/mol. The van der Waals surface area contributed by atoms with Crippen LogP contribution in [0.3, 0.4) is 0 Å². The normalized spacial score (nSPS) is 14.0. The summed E-state index contributed by atoms with van der Waals surface area (Å²) in [5.74, 6) is 0. The molecule has 0 saturated carbocycles. The Labute approximate surface area is 149 Å². The van der Waals surface area contributed by atoms with E-state index in [1.165, 1.54) is 0 Å². The number of hydrogen-bond acceptors (Lipinski definition) is 8. The third-order valence-electron chi connectivity index (χ3n) is 3.64. The Kier molecular flexibility index (Phi) is 18.2. The van der Waals surface area contributed by atoms with Crippen LogP contribution in [0.1, 0.15) is 19.3 Å². The molecule has 1 unspecified atom stereocenters. The van der Waals surface area contributed by atoms with Gasteiger partial charge in [-0.15, -0.1) is 0 Å². The highest BCUT2D eigenvalue weighted by molar-refractivity contribution is 6.66. The average molecular weight is 386 g/mol. The monoisotopic (exact) mass is 385 g/mol. The van der Waals surface area contributed by atoms with E-state index in [2.05, 4.69) is 6.55 Å². The highest BCUT2D eigenvalue weighted by atomic mass is 28.4. The summed E-state index contributed by atoms with van der Waals surface area (Å²) in [7, 11) is 2.30. The molecule has 0 amide bonds. The van der Waals surface area contributed by atoms with Crippen LogP contribution in [0, 0.1) is 0 Å². The van der Waals surface area contributed by atoms with Gasteiger partial charge in [0.15, 0.2) is 0 Å². The molecule has 0 rings (SSSR count). The summed E-state index contributed by atoms with van der Waals surface area (Å²) in [6, 6.07) is 1.75. The van der Waals surface area contributed by atoms with Crippen molar-refractivity contribution >= 4 is 17.4 Å². The Balaban J connectivity index is 0. The van der Waals surface area contributed by atoms with Gasteiger partial charge in [0.2, 0.25) is 0 Å². The van der Waals surface area contributed by atoms with Crippen LogP contribution in [0.4, 0.5) is 0 Å². The standard InChI is InChI=1S/C8H22N2O2Si.C6H17NO3Si/c1-11-13(2,8-4-6-10)12-7-3-5-9;1-8-11(9-2,10-3)6-4-5-7/h3-10H2,1-2H3;4-7H2,1-3H3. The minimum absolute atomic E-state index is 0.644. The second-order valence-corrected chi connectivity index (χ2v) is 12.0. The van der Waals surface area contributed by atoms with Crippen LogP contribution in [-0.2, 0) is 22.1 Å². The lowest BCUT2D eigenvalue weighted by Gasteiger charge is -2.24. The van der Waals surface area contributed by atoms with Gasteiger partial charge in [-0.05, 0) is 51.5 Å². The number of hydrogen-bond donors (Lipinski definition) is 3. The first-order valence-corrected chi connectivity index (χ1v) is 12.8. The smallest absolute Gasteiger partial charge is 0.398 e. The van der Waals surface area contributed by atoms with Gasteiger partial charge in [0.25, 0.3) is 0 Å². The number of rotatable bonds is 14. The lowest BCUT2D eigenvalue weighted by molar-refractivity contribution is 0.123. The molecule has 1 atom stereocenters. The molecule has 10 heteroatoms. The van der Waals surface area contributed by atoms with Gasteiger partial charge in [-0.25, -0.2) is 0 Å². The summed E-state index contributed by atoms with van der Waals surface area (Å²) in [5.41, 5.74) is 16.2. The van der Waals surface area contributed by atoms with Crippen molar-refractivity contribution in [3.05, 3.63) is 0 Å². The van der Waals surface area contributed by atoms with Gasteiger partial charge in [-0.3, -0.25) is 0 Å². The maximum Gasteiger partial charge on any atom is 0.500 e. The summed E-state index contributed by atoms with van der Waals surface area (Å²) in [4.78, 5) is 0. The predicted octanol–water partition coefficient (Wildman–Crippen LogP) is 0.632. The molecule has 0 aromatic carbocycles. The van der Waals surface area contributed by atoms with E-state index in [1.807, 2.05) is 0 Å². The van der Waals surface area contributed by atoms with Crippen molar-refractivity contribution in [1.29, 1.82) is 0 Å². The zero-order valence-corrected chi connectivity index (χ0v) is 18.1. The summed E-state index contributed by atoms with van der Waals surface area (Å²) in [6.07, 6.45) is 2.75. The summed E-state index contributed by atoms with van der Waals surface area (Å²) < 4.78 is 26.6. The van der Waals surface area contributed by atoms with Crippen LogP contribution in [-0.4, -0.2) is 72.0 Å². The van der Waals surface area contributed by atoms with Gasteiger partial charge >= 0.3 is 17.4 Å². The zero-order valence-electron chi connectivity index (χ0n) is 16.1. The Hall–Kier alpha value is 0.114. The van der Waals surface area contributed by atoms with Crippen molar-refractivity contribution in [2.45, 2.75) is 37.9 Å². The zero-order chi connectivity index (χ0) is 18.9. The minimum atomic E-state index is -2.32. The molecule has 0 aliphatic heterocycles. The van der Waals surface area contributed by atoms with Crippen LogP contribution in [0.15, 0.2) is 0 Å². The number of nitrogens with two attached hydrogens (primary N) is 3. The molecule has 0 saturated heterocycles. The second kappa shape index (κ2) is 16.6. The van der Waals surface area contributed by atoms with E-state index in [0.717, 1.165) is 31.4 Å². The van der Waals surface area contributed by atoms with E-state index in [4.69, 9.17) is 39.3 Å². The average Bonchev–Trinajstić information content (AvgIpc) is 2.62. The van der Waals surface area contributed by atoms with E-state index >= 15 is 0 Å². The molecule has 0 fully saturated rings. The summed E-state index contributed by atoms with van der Waals surface area (Å²) in [5, 5.41) is 0. The molecule has 0 bridgehead atoms. The summed E-state index contributed by atoms with van der Waals surface area (Å²) in [6.45, 7) is 4.79. The van der Waals surface area contributed by atoms with Crippen LogP contribution < -0.4 is 17.2 Å². The maximum atomic E-state index is 5.70. The Morgan fingerprint density at radius 3 is 1.50 bits per heavy atom. The van der Waals surface area contributed by atoms with Gasteiger partial charge in [-0.2, -0.15) is 0 Å². The minimum Gasteiger partial charge on any atom is -0.398 e. The fourth-order valence-electron chi connectivity index (χ4n) is 1.90. The highest BCUT2D eigenvalue weighted by Crippen LogP contribution is 2.14. The molecule has 0 aliphatic rings. The predicted molar refractivity (Wildman–Crippen MR) is 102 cm³/mol. The van der Waals surface area contributed by atoms with E-state index < -0.39 is 17.4 Å². The van der Waals surface area contributed by atoms with E-state index in [-0.39, 0.29) is 0 Å². The van der Waals surface area contributed by atoms with Crippen LogP contribution >= 0.6 is 0 Å². The Bertz CT molecular complexity index is 269. The molecule has 24 heavy (non-hydrogen) atoms. The lowest BCUT2D eigenvalue weighted by atomic mass is 10.5. The largest absolute Gasteiger partial charge is 0.500 e. The molecule has 0 radical (unpaired) electrons. The van der Waals surface area contributed by atoms with Crippen molar-refractivity contribution in [3.63, 3.8) is 0 Å². The maximum absolute atomic E-state index is 5.70. The highest BCUT2D eigenvalue weighted by Gasteiger charge is 2.36. The fraction of sp³-hybridized carbons (Fsp3) is 1.00. The lowest BCUT2D eigenvalue weighted by Crippen LogP contribution is -2.42. The van der Waals surface area contributed by atoms with Crippen molar-refractivity contribution in [2.24, 2.45) is 17.2 Å². The second-order valence-electron chi connectivity index (χ2n) is 5.41. The van der Waals surface area contributed by atoms with Crippen molar-refractivity contribution in [2.75, 3.05) is 54.7 Å². The Morgan fingerprint density at radius 2 is 1.12 bits per heavy atom. The van der Waals surface area contributed by atoms with Crippen LogP contribution in [0.25, 0.3) is 0 Å². The van der Waals surface area contributed by atoms with Crippen LogP contribution in [0.5, 0.6) is 0 Å². The molecule has 6 N–H and O–H groups in total. The first-order chi connectivity index (χ1) is 11.4. The van der Waals surface area contributed by atoms with E-state index in [9.17, 15) is 0 Å².